The van der Waals surface area contributed by atoms with Crippen molar-refractivity contribution >= 4 is 11.9 Å². The Hall–Kier alpha value is -0.900. The van der Waals surface area contributed by atoms with Crippen molar-refractivity contribution < 1.29 is 14.3 Å². The topological polar surface area (TPSA) is 69.4 Å². The molecule has 0 aromatic rings. The van der Waals surface area contributed by atoms with Gasteiger partial charge in [0, 0.05) is 0 Å². The van der Waals surface area contributed by atoms with Gasteiger partial charge in [-0.25, -0.2) is 4.79 Å². The first-order chi connectivity index (χ1) is 6.61. The molecule has 0 bridgehead atoms. The van der Waals surface area contributed by atoms with Crippen LogP contribution in [0.25, 0.3) is 0 Å². The minimum atomic E-state index is -0.720. The van der Waals surface area contributed by atoms with E-state index in [0.717, 1.165) is 25.7 Å². The molecule has 0 unspecified atom stereocenters. The van der Waals surface area contributed by atoms with Gasteiger partial charge in [-0.05, 0) is 19.8 Å². The van der Waals surface area contributed by atoms with Crippen LogP contribution in [0.1, 0.15) is 39.0 Å². The Morgan fingerprint density at radius 2 is 1.86 bits per heavy atom. The van der Waals surface area contributed by atoms with Crippen molar-refractivity contribution in [3.8, 4) is 0 Å². The first kappa shape index (κ1) is 11.2. The van der Waals surface area contributed by atoms with E-state index in [0.29, 0.717) is 0 Å². The summed E-state index contributed by atoms with van der Waals surface area (Å²) in [6, 6.07) is -0.720. The van der Waals surface area contributed by atoms with E-state index in [4.69, 9.17) is 5.73 Å². The van der Waals surface area contributed by atoms with Crippen LogP contribution in [0.5, 0.6) is 0 Å². The van der Waals surface area contributed by atoms with Crippen molar-refractivity contribution in [2.24, 2.45) is 11.7 Å². The number of carbonyl (C=O) groups is 2. The van der Waals surface area contributed by atoms with Gasteiger partial charge < -0.3 is 10.5 Å². The van der Waals surface area contributed by atoms with E-state index in [-0.39, 0.29) is 5.92 Å². The minimum absolute atomic E-state index is 0.0913. The van der Waals surface area contributed by atoms with E-state index in [1.807, 2.05) is 0 Å². The van der Waals surface area contributed by atoms with E-state index >= 15 is 0 Å². The van der Waals surface area contributed by atoms with Crippen molar-refractivity contribution in [2.45, 2.75) is 45.1 Å². The van der Waals surface area contributed by atoms with Crippen LogP contribution in [0.2, 0.25) is 0 Å². The van der Waals surface area contributed by atoms with Gasteiger partial charge in [-0.2, -0.15) is 0 Å². The maximum absolute atomic E-state index is 11.4. The van der Waals surface area contributed by atoms with Crippen molar-refractivity contribution in [2.75, 3.05) is 0 Å². The Bertz CT molecular complexity index is 219. The Kier molecular flexibility index (Phi) is 4.07. The second-order valence-electron chi connectivity index (χ2n) is 3.86. The molecule has 14 heavy (non-hydrogen) atoms. The molecule has 2 N–H and O–H groups in total. The standard InChI is InChI=1S/C10H17NO3/c1-7(11)9(12)14-10(13)8-5-3-2-4-6-8/h7-8H,2-6,11H2,1H3/t7-/m0/s1. The third kappa shape index (κ3) is 3.10. The molecule has 0 radical (unpaired) electrons. The zero-order valence-electron chi connectivity index (χ0n) is 8.49. The average Bonchev–Trinajstić information content (AvgIpc) is 2.19. The van der Waals surface area contributed by atoms with Crippen LogP contribution in [0.4, 0.5) is 0 Å². The summed E-state index contributed by atoms with van der Waals surface area (Å²) in [5.74, 6) is -1.11. The molecule has 80 valence electrons. The maximum Gasteiger partial charge on any atom is 0.330 e. The van der Waals surface area contributed by atoms with Gasteiger partial charge >= 0.3 is 11.9 Å². The Balaban J connectivity index is 2.37. The summed E-state index contributed by atoms with van der Waals surface area (Å²) < 4.78 is 4.65. The highest BCUT2D eigenvalue weighted by Crippen LogP contribution is 2.24. The molecule has 1 saturated carbocycles. The second kappa shape index (κ2) is 5.10. The average molecular weight is 199 g/mol. The summed E-state index contributed by atoms with van der Waals surface area (Å²) in [7, 11) is 0. The van der Waals surface area contributed by atoms with E-state index in [2.05, 4.69) is 4.74 Å². The molecular weight excluding hydrogens is 182 g/mol. The number of rotatable bonds is 2. The fraction of sp³-hybridized carbons (Fsp3) is 0.800. The molecule has 1 atom stereocenters. The van der Waals surface area contributed by atoms with Crippen LogP contribution in [0.15, 0.2) is 0 Å². The second-order valence-corrected chi connectivity index (χ2v) is 3.86. The molecule has 0 aliphatic heterocycles. The fourth-order valence-corrected chi connectivity index (χ4v) is 1.61. The molecule has 0 heterocycles. The van der Waals surface area contributed by atoms with Gasteiger partial charge in [-0.3, -0.25) is 4.79 Å². The van der Waals surface area contributed by atoms with Gasteiger partial charge in [0.05, 0.1) is 5.92 Å². The Morgan fingerprint density at radius 1 is 1.29 bits per heavy atom. The molecule has 0 spiro atoms. The molecule has 0 aromatic carbocycles. The van der Waals surface area contributed by atoms with Gasteiger partial charge in [0.15, 0.2) is 0 Å². The number of ether oxygens (including phenoxy) is 1. The van der Waals surface area contributed by atoms with Crippen molar-refractivity contribution in [3.63, 3.8) is 0 Å². The van der Waals surface area contributed by atoms with Crippen molar-refractivity contribution in [1.82, 2.24) is 0 Å². The summed E-state index contributed by atoms with van der Waals surface area (Å²) in [4.78, 5) is 22.4. The summed E-state index contributed by atoms with van der Waals surface area (Å²) in [6.45, 7) is 1.51. The molecule has 4 nitrogen and oxygen atoms in total. The zero-order chi connectivity index (χ0) is 10.6. The van der Waals surface area contributed by atoms with E-state index in [9.17, 15) is 9.59 Å². The first-order valence-electron chi connectivity index (χ1n) is 5.12. The van der Waals surface area contributed by atoms with Crippen LogP contribution in [0.3, 0.4) is 0 Å². The molecular formula is C10H17NO3. The number of carbonyl (C=O) groups excluding carboxylic acids is 2. The predicted molar refractivity (Wildman–Crippen MR) is 51.3 cm³/mol. The third-order valence-electron chi connectivity index (χ3n) is 2.51. The Morgan fingerprint density at radius 3 is 2.36 bits per heavy atom. The number of hydrogen-bond acceptors (Lipinski definition) is 4. The lowest BCUT2D eigenvalue weighted by Crippen LogP contribution is -2.33. The smallest absolute Gasteiger partial charge is 0.330 e. The Labute approximate surface area is 83.8 Å². The van der Waals surface area contributed by atoms with Gasteiger partial charge in [-0.1, -0.05) is 19.3 Å². The summed E-state index contributed by atoms with van der Waals surface area (Å²) in [5.41, 5.74) is 5.29. The van der Waals surface area contributed by atoms with Gasteiger partial charge in [0.1, 0.15) is 6.04 Å². The molecule has 0 aromatic heterocycles. The quantitative estimate of drug-likeness (QED) is 0.531. The molecule has 1 rings (SSSR count). The van der Waals surface area contributed by atoms with E-state index < -0.39 is 18.0 Å². The van der Waals surface area contributed by atoms with Crippen LogP contribution < -0.4 is 5.73 Å². The maximum atomic E-state index is 11.4. The lowest BCUT2D eigenvalue weighted by Gasteiger charge is -2.19. The highest BCUT2D eigenvalue weighted by Gasteiger charge is 2.25. The number of nitrogens with two attached hydrogens (primary N) is 1. The molecule has 1 fully saturated rings. The van der Waals surface area contributed by atoms with Gasteiger partial charge in [0.25, 0.3) is 0 Å². The first-order valence-corrected chi connectivity index (χ1v) is 5.12. The van der Waals surface area contributed by atoms with E-state index in [1.165, 1.54) is 13.3 Å². The summed E-state index contributed by atoms with van der Waals surface area (Å²) in [6.07, 6.45) is 4.94. The highest BCUT2D eigenvalue weighted by atomic mass is 16.6. The predicted octanol–water partition coefficient (Wildman–Crippen LogP) is 0.984. The summed E-state index contributed by atoms with van der Waals surface area (Å²) >= 11 is 0. The molecule has 1 aliphatic rings. The van der Waals surface area contributed by atoms with Crippen molar-refractivity contribution in [1.29, 1.82) is 0 Å². The monoisotopic (exact) mass is 199 g/mol. The largest absolute Gasteiger partial charge is 0.392 e. The van der Waals surface area contributed by atoms with Crippen LogP contribution in [-0.2, 0) is 14.3 Å². The lowest BCUT2D eigenvalue weighted by atomic mass is 9.89. The number of esters is 2. The normalized spacial score (nSPS) is 20.1. The number of hydrogen-bond donors (Lipinski definition) is 1. The summed E-state index contributed by atoms with van der Waals surface area (Å²) in [5, 5.41) is 0. The molecule has 0 amide bonds. The lowest BCUT2D eigenvalue weighted by molar-refractivity contribution is -0.164. The van der Waals surface area contributed by atoms with Crippen molar-refractivity contribution in [3.05, 3.63) is 0 Å². The zero-order valence-corrected chi connectivity index (χ0v) is 8.49. The van der Waals surface area contributed by atoms with Crippen LogP contribution in [-0.4, -0.2) is 18.0 Å². The highest BCUT2D eigenvalue weighted by molar-refractivity contribution is 5.89. The fourth-order valence-electron chi connectivity index (χ4n) is 1.61. The molecule has 0 saturated heterocycles. The van der Waals surface area contributed by atoms with Crippen LogP contribution in [0, 0.1) is 5.92 Å². The minimum Gasteiger partial charge on any atom is -0.392 e. The van der Waals surface area contributed by atoms with Gasteiger partial charge in [0.2, 0.25) is 0 Å². The molecule has 4 heteroatoms. The van der Waals surface area contributed by atoms with E-state index in [1.54, 1.807) is 0 Å². The SMILES string of the molecule is C[C@H](N)C(=O)OC(=O)C1CCCCC1. The third-order valence-corrected chi connectivity index (χ3v) is 2.51. The van der Waals surface area contributed by atoms with Crippen LogP contribution >= 0.6 is 0 Å². The van der Waals surface area contributed by atoms with Gasteiger partial charge in [-0.15, -0.1) is 0 Å². The molecule has 1 aliphatic carbocycles.